The molecule has 0 aromatic carbocycles. The van der Waals surface area contributed by atoms with Crippen molar-refractivity contribution in [3.8, 4) is 0 Å². The van der Waals surface area contributed by atoms with Crippen LogP contribution < -0.4 is 16.0 Å². The molecule has 0 saturated carbocycles. The molecule has 28 heavy (non-hydrogen) atoms. The Hall–Kier alpha value is -2.32. The molecule has 162 valence electrons. The first kappa shape index (κ1) is 25.7. The Morgan fingerprint density at radius 1 is 0.893 bits per heavy atom. The Balaban J connectivity index is 5.26. The summed E-state index contributed by atoms with van der Waals surface area (Å²) in [4.78, 5) is 48.6. The van der Waals surface area contributed by atoms with E-state index in [0.29, 0.717) is 0 Å². The van der Waals surface area contributed by atoms with Crippen molar-refractivity contribution in [1.82, 2.24) is 16.0 Å². The van der Waals surface area contributed by atoms with Gasteiger partial charge in [-0.2, -0.15) is 0 Å². The zero-order valence-corrected chi connectivity index (χ0v) is 18.4. The van der Waals surface area contributed by atoms with E-state index in [4.69, 9.17) is 4.74 Å². The Kier molecular flexibility index (Phi) is 9.43. The van der Waals surface area contributed by atoms with Crippen LogP contribution in [-0.4, -0.2) is 55.2 Å². The van der Waals surface area contributed by atoms with Crippen LogP contribution in [0.5, 0.6) is 0 Å². The SMILES string of the molecule is COC(=O)CNC(=O)C(NC(=O)[C@@H](NC(=O)OC(C)(C)C)C(C)C)C(C)(C)C. The van der Waals surface area contributed by atoms with Gasteiger partial charge in [0.15, 0.2) is 0 Å². The number of amides is 3. The second-order valence-electron chi connectivity index (χ2n) is 8.97. The van der Waals surface area contributed by atoms with E-state index >= 15 is 0 Å². The second-order valence-corrected chi connectivity index (χ2v) is 8.97. The van der Waals surface area contributed by atoms with E-state index < -0.39 is 47.0 Å². The molecule has 1 unspecified atom stereocenters. The predicted octanol–water partition coefficient (Wildman–Crippen LogP) is 1.36. The van der Waals surface area contributed by atoms with E-state index in [1.54, 1.807) is 55.4 Å². The number of hydrogen-bond acceptors (Lipinski definition) is 6. The number of methoxy groups -OCH3 is 1. The molecule has 2 atom stereocenters. The summed E-state index contributed by atoms with van der Waals surface area (Å²) in [7, 11) is 1.22. The van der Waals surface area contributed by atoms with Gasteiger partial charge in [-0.05, 0) is 32.1 Å². The first-order valence-corrected chi connectivity index (χ1v) is 9.23. The van der Waals surface area contributed by atoms with Crippen molar-refractivity contribution in [3.05, 3.63) is 0 Å². The van der Waals surface area contributed by atoms with Crippen molar-refractivity contribution in [1.29, 1.82) is 0 Å². The van der Waals surface area contributed by atoms with Crippen molar-refractivity contribution in [3.63, 3.8) is 0 Å². The minimum absolute atomic E-state index is 0.244. The fourth-order valence-corrected chi connectivity index (χ4v) is 2.21. The summed E-state index contributed by atoms with van der Waals surface area (Å²) in [5.41, 5.74) is -1.34. The van der Waals surface area contributed by atoms with Gasteiger partial charge in [-0.1, -0.05) is 34.6 Å². The normalized spacial score (nSPS) is 13.9. The predicted molar refractivity (Wildman–Crippen MR) is 104 cm³/mol. The zero-order valence-electron chi connectivity index (χ0n) is 18.4. The van der Waals surface area contributed by atoms with Gasteiger partial charge in [-0.15, -0.1) is 0 Å². The van der Waals surface area contributed by atoms with Crippen LogP contribution in [0.25, 0.3) is 0 Å². The highest BCUT2D eigenvalue weighted by Gasteiger charge is 2.36. The van der Waals surface area contributed by atoms with Crippen molar-refractivity contribution in [2.75, 3.05) is 13.7 Å². The minimum Gasteiger partial charge on any atom is -0.468 e. The summed E-state index contributed by atoms with van der Waals surface area (Å²) in [5, 5.41) is 7.67. The first-order valence-electron chi connectivity index (χ1n) is 9.23. The molecular formula is C19H35N3O6. The van der Waals surface area contributed by atoms with E-state index in [0.717, 1.165) is 0 Å². The van der Waals surface area contributed by atoms with Gasteiger partial charge in [0.05, 0.1) is 7.11 Å². The number of alkyl carbamates (subject to hydrolysis) is 1. The molecule has 3 amide bonds. The van der Waals surface area contributed by atoms with Crippen LogP contribution in [0.2, 0.25) is 0 Å². The van der Waals surface area contributed by atoms with Gasteiger partial charge < -0.3 is 25.4 Å². The number of esters is 1. The summed E-state index contributed by atoms with van der Waals surface area (Å²) in [6, 6.07) is -1.82. The monoisotopic (exact) mass is 401 g/mol. The van der Waals surface area contributed by atoms with E-state index in [2.05, 4.69) is 20.7 Å². The first-order chi connectivity index (χ1) is 12.6. The Bertz CT molecular complexity index is 575. The molecule has 0 bridgehead atoms. The fraction of sp³-hybridized carbons (Fsp3) is 0.789. The molecule has 9 heteroatoms. The standard InChI is InChI=1S/C19H35N3O6/c1-11(2)13(21-17(26)28-19(6,7)8)15(24)22-14(18(3,4)5)16(25)20-10-12(23)27-9/h11,13-14H,10H2,1-9H3,(H,20,25)(H,21,26)(H,22,24)/t13-,14?/m0/s1. The largest absolute Gasteiger partial charge is 0.468 e. The van der Waals surface area contributed by atoms with E-state index in [1.807, 2.05) is 0 Å². The molecule has 0 aromatic rings. The van der Waals surface area contributed by atoms with Crippen LogP contribution in [0.1, 0.15) is 55.4 Å². The van der Waals surface area contributed by atoms with Crippen molar-refractivity contribution in [2.24, 2.45) is 11.3 Å². The molecular weight excluding hydrogens is 366 g/mol. The average molecular weight is 402 g/mol. The lowest BCUT2D eigenvalue weighted by Crippen LogP contribution is -2.59. The van der Waals surface area contributed by atoms with E-state index in [9.17, 15) is 19.2 Å². The van der Waals surface area contributed by atoms with Gasteiger partial charge in [0.25, 0.3) is 0 Å². The number of ether oxygens (including phenoxy) is 2. The lowest BCUT2D eigenvalue weighted by molar-refractivity contribution is -0.142. The summed E-state index contributed by atoms with van der Waals surface area (Å²) >= 11 is 0. The molecule has 0 spiro atoms. The van der Waals surface area contributed by atoms with Crippen LogP contribution in [0.4, 0.5) is 4.79 Å². The van der Waals surface area contributed by atoms with Crippen molar-refractivity contribution in [2.45, 2.75) is 73.1 Å². The molecule has 0 rings (SSSR count). The van der Waals surface area contributed by atoms with Crippen LogP contribution in [0.3, 0.4) is 0 Å². The van der Waals surface area contributed by atoms with E-state index in [1.165, 1.54) is 7.11 Å². The van der Waals surface area contributed by atoms with Gasteiger partial charge in [0.2, 0.25) is 11.8 Å². The third-order valence-electron chi connectivity index (χ3n) is 3.67. The minimum atomic E-state index is -0.925. The molecule has 0 aromatic heterocycles. The van der Waals surface area contributed by atoms with E-state index in [-0.39, 0.29) is 12.5 Å². The highest BCUT2D eigenvalue weighted by atomic mass is 16.6. The Labute approximate surface area is 167 Å². The molecule has 0 heterocycles. The molecule has 9 nitrogen and oxygen atoms in total. The number of carbonyl (C=O) groups excluding carboxylic acids is 4. The van der Waals surface area contributed by atoms with Crippen LogP contribution in [0.15, 0.2) is 0 Å². The molecule has 0 aliphatic heterocycles. The maximum Gasteiger partial charge on any atom is 0.408 e. The summed E-state index contributed by atoms with van der Waals surface area (Å²) in [6.45, 7) is 13.7. The third-order valence-corrected chi connectivity index (χ3v) is 3.67. The quantitative estimate of drug-likeness (QED) is 0.554. The lowest BCUT2D eigenvalue weighted by atomic mass is 9.85. The molecule has 0 saturated heterocycles. The highest BCUT2D eigenvalue weighted by molar-refractivity contribution is 5.93. The van der Waals surface area contributed by atoms with Crippen molar-refractivity contribution < 1.29 is 28.7 Å². The summed E-state index contributed by atoms with van der Waals surface area (Å²) < 4.78 is 9.70. The zero-order chi connectivity index (χ0) is 22.3. The topological polar surface area (TPSA) is 123 Å². The molecule has 3 N–H and O–H groups in total. The molecule has 0 fully saturated rings. The second kappa shape index (κ2) is 10.3. The fourth-order valence-electron chi connectivity index (χ4n) is 2.21. The average Bonchev–Trinajstić information content (AvgIpc) is 2.51. The van der Waals surface area contributed by atoms with Gasteiger partial charge in [0.1, 0.15) is 24.2 Å². The Morgan fingerprint density at radius 2 is 1.43 bits per heavy atom. The number of nitrogens with one attached hydrogen (secondary N) is 3. The molecule has 0 radical (unpaired) electrons. The maximum absolute atomic E-state index is 12.8. The van der Waals surface area contributed by atoms with Gasteiger partial charge in [-0.25, -0.2) is 4.79 Å². The van der Waals surface area contributed by atoms with Crippen LogP contribution in [-0.2, 0) is 23.9 Å². The van der Waals surface area contributed by atoms with Gasteiger partial charge >= 0.3 is 12.1 Å². The Morgan fingerprint density at radius 3 is 1.82 bits per heavy atom. The van der Waals surface area contributed by atoms with Crippen LogP contribution >= 0.6 is 0 Å². The smallest absolute Gasteiger partial charge is 0.408 e. The number of rotatable bonds is 7. The third kappa shape index (κ3) is 9.57. The van der Waals surface area contributed by atoms with Crippen LogP contribution in [0, 0.1) is 11.3 Å². The van der Waals surface area contributed by atoms with Gasteiger partial charge in [-0.3, -0.25) is 14.4 Å². The maximum atomic E-state index is 12.8. The van der Waals surface area contributed by atoms with Crippen molar-refractivity contribution >= 4 is 23.9 Å². The highest BCUT2D eigenvalue weighted by Crippen LogP contribution is 2.20. The molecule has 0 aliphatic rings. The summed E-state index contributed by atoms with van der Waals surface area (Å²) in [5.74, 6) is -1.88. The number of hydrogen-bond donors (Lipinski definition) is 3. The molecule has 0 aliphatic carbocycles. The number of carbonyl (C=O) groups is 4. The lowest BCUT2D eigenvalue weighted by Gasteiger charge is -2.32. The summed E-state index contributed by atoms with van der Waals surface area (Å²) in [6.07, 6.45) is -0.719. The van der Waals surface area contributed by atoms with Gasteiger partial charge in [0, 0.05) is 0 Å².